The van der Waals surface area contributed by atoms with E-state index in [0.29, 0.717) is 19.7 Å². The predicted molar refractivity (Wildman–Crippen MR) is 74.0 cm³/mol. The first-order valence-electron chi connectivity index (χ1n) is 6.66. The first kappa shape index (κ1) is 13.5. The molecule has 1 saturated heterocycles. The normalized spacial score (nSPS) is 16.1. The highest BCUT2D eigenvalue weighted by Crippen LogP contribution is 2.20. The van der Waals surface area contributed by atoms with Gasteiger partial charge in [-0.05, 0) is 37.6 Å². The minimum Gasteiger partial charge on any atom is -0.494 e. The molecule has 0 bridgehead atoms. The molecule has 19 heavy (non-hydrogen) atoms. The second-order valence-electron chi connectivity index (χ2n) is 4.54. The van der Waals surface area contributed by atoms with Crippen molar-refractivity contribution in [2.45, 2.75) is 13.3 Å². The summed E-state index contributed by atoms with van der Waals surface area (Å²) in [5, 5.41) is 9.01. The van der Waals surface area contributed by atoms with Gasteiger partial charge in [0.2, 0.25) is 0 Å². The van der Waals surface area contributed by atoms with Gasteiger partial charge in [0.1, 0.15) is 5.75 Å². The number of benzene rings is 1. The number of ether oxygens (including phenoxy) is 1. The molecule has 0 aromatic heterocycles. The Hall–Kier alpha value is -1.91. The molecule has 0 atom stereocenters. The number of carbonyl (C=O) groups is 1. The van der Waals surface area contributed by atoms with Crippen molar-refractivity contribution in [1.82, 2.24) is 4.90 Å². The summed E-state index contributed by atoms with van der Waals surface area (Å²) in [6, 6.07) is 7.97. The van der Waals surface area contributed by atoms with E-state index in [2.05, 4.69) is 4.90 Å². The van der Waals surface area contributed by atoms with E-state index in [1.54, 1.807) is 0 Å². The van der Waals surface area contributed by atoms with Crippen LogP contribution in [0, 0.1) is 0 Å². The zero-order valence-corrected chi connectivity index (χ0v) is 11.2. The number of hydrogen-bond acceptors (Lipinski definition) is 3. The molecular formula is C14H20N2O3. The Balaban J connectivity index is 1.99. The Labute approximate surface area is 113 Å². The van der Waals surface area contributed by atoms with Crippen LogP contribution >= 0.6 is 0 Å². The Bertz CT molecular complexity index is 419. The van der Waals surface area contributed by atoms with E-state index in [-0.39, 0.29) is 0 Å². The van der Waals surface area contributed by atoms with Crippen molar-refractivity contribution < 1.29 is 14.6 Å². The molecule has 0 unspecified atom stereocenters. The number of nitrogens with zero attached hydrogens (tertiary/aromatic N) is 2. The molecular weight excluding hydrogens is 244 g/mol. The van der Waals surface area contributed by atoms with Gasteiger partial charge in [0.25, 0.3) is 0 Å². The van der Waals surface area contributed by atoms with E-state index in [0.717, 1.165) is 30.9 Å². The van der Waals surface area contributed by atoms with Gasteiger partial charge in [-0.25, -0.2) is 4.79 Å². The van der Waals surface area contributed by atoms with Gasteiger partial charge < -0.3 is 19.6 Å². The molecule has 2 rings (SSSR count). The standard InChI is InChI=1S/C14H20N2O3/c1-2-19-13-6-4-12(5-7-13)15-8-3-9-16(11-10-15)14(17)18/h4-7H,2-3,8-11H2,1H3,(H,17,18). The molecule has 0 saturated carbocycles. The van der Waals surface area contributed by atoms with Gasteiger partial charge in [-0.1, -0.05) is 0 Å². The minimum atomic E-state index is -0.825. The fourth-order valence-electron chi connectivity index (χ4n) is 2.29. The summed E-state index contributed by atoms with van der Waals surface area (Å²) in [6.45, 7) is 5.42. The second kappa shape index (κ2) is 6.31. The van der Waals surface area contributed by atoms with Crippen LogP contribution < -0.4 is 9.64 Å². The first-order valence-corrected chi connectivity index (χ1v) is 6.66. The Morgan fingerprint density at radius 2 is 1.95 bits per heavy atom. The van der Waals surface area contributed by atoms with E-state index in [9.17, 15) is 4.79 Å². The molecule has 1 aromatic carbocycles. The molecule has 1 aliphatic heterocycles. The zero-order valence-electron chi connectivity index (χ0n) is 11.2. The number of rotatable bonds is 3. The molecule has 0 spiro atoms. The molecule has 1 heterocycles. The van der Waals surface area contributed by atoms with Crippen molar-refractivity contribution >= 4 is 11.8 Å². The van der Waals surface area contributed by atoms with Crippen LogP contribution in [0.2, 0.25) is 0 Å². The van der Waals surface area contributed by atoms with Crippen LogP contribution in [-0.4, -0.2) is 48.9 Å². The number of anilines is 1. The molecule has 0 radical (unpaired) electrons. The van der Waals surface area contributed by atoms with Crippen LogP contribution in [0.25, 0.3) is 0 Å². The van der Waals surface area contributed by atoms with Crippen molar-refractivity contribution in [2.75, 3.05) is 37.7 Å². The van der Waals surface area contributed by atoms with E-state index in [4.69, 9.17) is 9.84 Å². The summed E-state index contributed by atoms with van der Waals surface area (Å²) < 4.78 is 5.42. The smallest absolute Gasteiger partial charge is 0.407 e. The van der Waals surface area contributed by atoms with Gasteiger partial charge in [-0.2, -0.15) is 0 Å². The molecule has 1 amide bonds. The molecule has 0 aliphatic carbocycles. The Morgan fingerprint density at radius 1 is 1.21 bits per heavy atom. The topological polar surface area (TPSA) is 53.0 Å². The van der Waals surface area contributed by atoms with Gasteiger partial charge in [-0.15, -0.1) is 0 Å². The molecule has 1 fully saturated rings. The zero-order chi connectivity index (χ0) is 13.7. The monoisotopic (exact) mass is 264 g/mol. The quantitative estimate of drug-likeness (QED) is 0.910. The molecule has 5 heteroatoms. The lowest BCUT2D eigenvalue weighted by Gasteiger charge is -2.23. The Morgan fingerprint density at radius 3 is 2.58 bits per heavy atom. The largest absolute Gasteiger partial charge is 0.494 e. The van der Waals surface area contributed by atoms with Gasteiger partial charge in [0.05, 0.1) is 6.61 Å². The van der Waals surface area contributed by atoms with Crippen LogP contribution in [0.4, 0.5) is 10.5 Å². The molecule has 1 aliphatic rings. The van der Waals surface area contributed by atoms with Crippen LogP contribution in [0.15, 0.2) is 24.3 Å². The van der Waals surface area contributed by atoms with Crippen LogP contribution in [0.1, 0.15) is 13.3 Å². The van der Waals surface area contributed by atoms with E-state index >= 15 is 0 Å². The summed E-state index contributed by atoms with van der Waals surface area (Å²) in [4.78, 5) is 14.7. The van der Waals surface area contributed by atoms with Gasteiger partial charge >= 0.3 is 6.09 Å². The third-order valence-corrected chi connectivity index (χ3v) is 3.28. The van der Waals surface area contributed by atoms with E-state index < -0.39 is 6.09 Å². The third-order valence-electron chi connectivity index (χ3n) is 3.28. The maximum Gasteiger partial charge on any atom is 0.407 e. The van der Waals surface area contributed by atoms with Crippen molar-refractivity contribution in [2.24, 2.45) is 0 Å². The van der Waals surface area contributed by atoms with Crippen molar-refractivity contribution in [3.8, 4) is 5.75 Å². The average molecular weight is 264 g/mol. The lowest BCUT2D eigenvalue weighted by atomic mass is 10.2. The lowest BCUT2D eigenvalue weighted by Crippen LogP contribution is -2.34. The van der Waals surface area contributed by atoms with Gasteiger partial charge in [0, 0.05) is 31.9 Å². The highest BCUT2D eigenvalue weighted by molar-refractivity contribution is 5.65. The van der Waals surface area contributed by atoms with Crippen molar-refractivity contribution in [1.29, 1.82) is 0 Å². The maximum absolute atomic E-state index is 11.0. The predicted octanol–water partition coefficient (Wildman–Crippen LogP) is 2.28. The fraction of sp³-hybridized carbons (Fsp3) is 0.500. The van der Waals surface area contributed by atoms with Crippen molar-refractivity contribution in [3.63, 3.8) is 0 Å². The van der Waals surface area contributed by atoms with E-state index in [1.165, 1.54) is 4.90 Å². The van der Waals surface area contributed by atoms with Crippen LogP contribution in [0.3, 0.4) is 0 Å². The summed E-state index contributed by atoms with van der Waals surface area (Å²) in [5.41, 5.74) is 1.12. The Kier molecular flexibility index (Phi) is 4.49. The number of carboxylic acid groups (broad SMARTS) is 1. The number of amides is 1. The first-order chi connectivity index (χ1) is 9.20. The van der Waals surface area contributed by atoms with Crippen LogP contribution in [0.5, 0.6) is 5.75 Å². The maximum atomic E-state index is 11.0. The summed E-state index contributed by atoms with van der Waals surface area (Å²) >= 11 is 0. The van der Waals surface area contributed by atoms with Gasteiger partial charge in [0.15, 0.2) is 0 Å². The SMILES string of the molecule is CCOc1ccc(N2CCCN(C(=O)O)CC2)cc1. The summed E-state index contributed by atoms with van der Waals surface area (Å²) in [7, 11) is 0. The fourth-order valence-corrected chi connectivity index (χ4v) is 2.29. The number of hydrogen-bond donors (Lipinski definition) is 1. The summed E-state index contributed by atoms with van der Waals surface area (Å²) in [5.74, 6) is 0.869. The third kappa shape index (κ3) is 3.53. The molecule has 1 aromatic rings. The molecule has 104 valence electrons. The highest BCUT2D eigenvalue weighted by Gasteiger charge is 2.18. The molecule has 1 N–H and O–H groups in total. The molecule has 5 nitrogen and oxygen atoms in total. The second-order valence-corrected chi connectivity index (χ2v) is 4.54. The van der Waals surface area contributed by atoms with Gasteiger partial charge in [-0.3, -0.25) is 0 Å². The summed E-state index contributed by atoms with van der Waals surface area (Å²) in [6.07, 6.45) is 0.0352. The highest BCUT2D eigenvalue weighted by atomic mass is 16.5. The average Bonchev–Trinajstić information content (AvgIpc) is 2.66. The van der Waals surface area contributed by atoms with Crippen LogP contribution in [-0.2, 0) is 0 Å². The lowest BCUT2D eigenvalue weighted by molar-refractivity contribution is 0.148. The minimum absolute atomic E-state index is 0.558. The van der Waals surface area contributed by atoms with Crippen molar-refractivity contribution in [3.05, 3.63) is 24.3 Å². The van der Waals surface area contributed by atoms with E-state index in [1.807, 2.05) is 31.2 Å².